The molecule has 1 aliphatic heterocycles. The third-order valence-corrected chi connectivity index (χ3v) is 7.91. The molecule has 2 aliphatic rings. The zero-order valence-corrected chi connectivity index (χ0v) is 20.7. The van der Waals surface area contributed by atoms with Gasteiger partial charge in [0.15, 0.2) is 5.01 Å². The van der Waals surface area contributed by atoms with Crippen molar-refractivity contribution in [2.24, 2.45) is 0 Å². The molecule has 9 nitrogen and oxygen atoms in total. The fourth-order valence-corrected chi connectivity index (χ4v) is 5.77. The number of aryl methyl sites for hydroxylation is 2. The number of piperidine rings is 1. The van der Waals surface area contributed by atoms with Crippen molar-refractivity contribution in [3.63, 3.8) is 0 Å². The number of hydrogen-bond donors (Lipinski definition) is 1. The quantitative estimate of drug-likeness (QED) is 0.529. The van der Waals surface area contributed by atoms with E-state index in [-0.39, 0.29) is 30.7 Å². The van der Waals surface area contributed by atoms with E-state index in [1.165, 1.54) is 4.68 Å². The van der Waals surface area contributed by atoms with Crippen LogP contribution in [0.2, 0.25) is 0 Å². The summed E-state index contributed by atoms with van der Waals surface area (Å²) in [5.41, 5.74) is 0.669. The normalized spacial score (nSPS) is 20.7. The monoisotopic (exact) mass is 521 g/mol. The number of hydrogen-bond acceptors (Lipinski definition) is 8. The highest BCUT2D eigenvalue weighted by Gasteiger charge is 2.40. The minimum atomic E-state index is -4.58. The molecule has 0 aromatic carbocycles. The summed E-state index contributed by atoms with van der Waals surface area (Å²) >= 11 is 0.621. The highest BCUT2D eigenvalue weighted by molar-refractivity contribution is 7.12. The maximum atomic E-state index is 13.6. The predicted molar refractivity (Wildman–Crippen MR) is 124 cm³/mol. The molecule has 1 saturated carbocycles. The van der Waals surface area contributed by atoms with E-state index in [9.17, 15) is 23.1 Å². The van der Waals surface area contributed by atoms with Gasteiger partial charge >= 0.3 is 6.18 Å². The second-order valence-electron chi connectivity index (χ2n) is 9.34. The van der Waals surface area contributed by atoms with E-state index in [2.05, 4.69) is 25.0 Å². The number of nitrogens with zero attached hydrogens (tertiary/aromatic N) is 7. The molecule has 1 amide bonds. The van der Waals surface area contributed by atoms with Gasteiger partial charge in [-0.15, -0.1) is 11.3 Å². The molecular formula is C23H26F3N7O2S. The van der Waals surface area contributed by atoms with Crippen LogP contribution in [0.15, 0.2) is 12.4 Å². The summed E-state index contributed by atoms with van der Waals surface area (Å²) in [4.78, 5) is 31.9. The minimum Gasteiger partial charge on any atom is -0.394 e. The van der Waals surface area contributed by atoms with Crippen LogP contribution in [0, 0.1) is 13.8 Å². The number of carbonyl (C=O) groups excluding carboxylic acids is 1. The number of likely N-dealkylation sites (tertiary alicyclic amines) is 1. The maximum absolute atomic E-state index is 13.6. The van der Waals surface area contributed by atoms with E-state index in [1.54, 1.807) is 31.1 Å². The summed E-state index contributed by atoms with van der Waals surface area (Å²) in [5, 5.41) is 13.4. The standard InChI is InChI=1S/C23H26F3N7O2S/c1-12-29-13(2)33(31-12)10-18(35)32-6-5-15(7-17(32)11-34)20-19(30-22(36-20)23(24,25)26)16-8-27-21(28-9-16)14-3-4-14/h8-9,14-15,17,34H,3-7,10-11H2,1-2H3/t15?,17-/m0/s1. The number of thiazole rings is 1. The first-order valence-electron chi connectivity index (χ1n) is 11.8. The van der Waals surface area contributed by atoms with Crippen molar-refractivity contribution in [1.82, 2.24) is 34.6 Å². The Morgan fingerprint density at radius 3 is 2.44 bits per heavy atom. The number of aliphatic hydroxyl groups is 1. The number of halogens is 3. The summed E-state index contributed by atoms with van der Waals surface area (Å²) in [6.07, 6.45) is 1.34. The first kappa shape index (κ1) is 24.8. The van der Waals surface area contributed by atoms with Crippen molar-refractivity contribution < 1.29 is 23.1 Å². The second kappa shape index (κ2) is 9.51. The van der Waals surface area contributed by atoms with Gasteiger partial charge in [0.05, 0.1) is 18.3 Å². The Morgan fingerprint density at radius 1 is 1.14 bits per heavy atom. The van der Waals surface area contributed by atoms with E-state index < -0.39 is 17.2 Å². The van der Waals surface area contributed by atoms with Crippen LogP contribution < -0.4 is 0 Å². The lowest BCUT2D eigenvalue weighted by Gasteiger charge is -2.38. The number of carbonyl (C=O) groups is 1. The van der Waals surface area contributed by atoms with E-state index in [1.807, 2.05) is 0 Å². The van der Waals surface area contributed by atoms with Crippen molar-refractivity contribution in [3.05, 3.63) is 39.8 Å². The van der Waals surface area contributed by atoms with Crippen LogP contribution in [0.4, 0.5) is 13.2 Å². The minimum absolute atomic E-state index is 0.0114. The molecule has 5 rings (SSSR count). The van der Waals surface area contributed by atoms with Crippen molar-refractivity contribution in [2.45, 2.75) is 70.1 Å². The van der Waals surface area contributed by atoms with Crippen LogP contribution in [0.25, 0.3) is 11.3 Å². The molecule has 1 aliphatic carbocycles. The van der Waals surface area contributed by atoms with Crippen molar-refractivity contribution in [2.75, 3.05) is 13.2 Å². The van der Waals surface area contributed by atoms with Crippen molar-refractivity contribution in [1.29, 1.82) is 0 Å². The number of amides is 1. The first-order valence-corrected chi connectivity index (χ1v) is 12.6. The summed E-state index contributed by atoms with van der Waals surface area (Å²) in [6, 6.07) is -0.529. The Hall–Kier alpha value is -2.93. The summed E-state index contributed by atoms with van der Waals surface area (Å²) < 4.78 is 42.3. The zero-order chi connectivity index (χ0) is 25.6. The van der Waals surface area contributed by atoms with Gasteiger partial charge in [0.25, 0.3) is 0 Å². The summed E-state index contributed by atoms with van der Waals surface area (Å²) in [7, 11) is 0. The number of rotatable bonds is 6. The van der Waals surface area contributed by atoms with Crippen LogP contribution >= 0.6 is 11.3 Å². The first-order chi connectivity index (χ1) is 17.1. The van der Waals surface area contributed by atoms with Gasteiger partial charge in [-0.2, -0.15) is 18.3 Å². The number of aliphatic hydroxyl groups excluding tert-OH is 1. The molecule has 13 heteroatoms. The Morgan fingerprint density at radius 2 is 1.86 bits per heavy atom. The van der Waals surface area contributed by atoms with Gasteiger partial charge in [-0.1, -0.05) is 0 Å². The van der Waals surface area contributed by atoms with Gasteiger partial charge in [-0.05, 0) is 45.4 Å². The summed E-state index contributed by atoms with van der Waals surface area (Å²) in [5.74, 6) is 1.69. The number of alkyl halides is 3. The lowest BCUT2D eigenvalue weighted by molar-refractivity contribution is -0.138. The molecule has 3 aromatic rings. The van der Waals surface area contributed by atoms with Gasteiger partial charge in [-0.25, -0.2) is 24.6 Å². The fourth-order valence-electron chi connectivity index (χ4n) is 4.67. The Bertz CT molecular complexity index is 1250. The van der Waals surface area contributed by atoms with Crippen LogP contribution in [0.1, 0.15) is 64.9 Å². The lowest BCUT2D eigenvalue weighted by atomic mass is 9.88. The average molecular weight is 522 g/mol. The molecule has 192 valence electrons. The highest BCUT2D eigenvalue weighted by Crippen LogP contribution is 2.45. The smallest absolute Gasteiger partial charge is 0.394 e. The zero-order valence-electron chi connectivity index (χ0n) is 19.9. The fraction of sp³-hybridized carbons (Fsp3) is 0.565. The third-order valence-electron chi connectivity index (χ3n) is 6.65. The van der Waals surface area contributed by atoms with Crippen molar-refractivity contribution in [3.8, 4) is 11.3 Å². The predicted octanol–water partition coefficient (Wildman–Crippen LogP) is 3.47. The molecule has 1 unspecified atom stereocenters. The highest BCUT2D eigenvalue weighted by atomic mass is 32.1. The number of aromatic nitrogens is 6. The molecule has 1 saturated heterocycles. The molecule has 0 spiro atoms. The Balaban J connectivity index is 1.39. The molecular weight excluding hydrogens is 495 g/mol. The van der Waals surface area contributed by atoms with E-state index in [0.29, 0.717) is 64.6 Å². The molecule has 1 N–H and O–H groups in total. The van der Waals surface area contributed by atoms with Gasteiger partial charge < -0.3 is 10.0 Å². The second-order valence-corrected chi connectivity index (χ2v) is 10.4. The van der Waals surface area contributed by atoms with Crippen molar-refractivity contribution >= 4 is 17.2 Å². The van der Waals surface area contributed by atoms with E-state index >= 15 is 0 Å². The largest absolute Gasteiger partial charge is 0.443 e. The maximum Gasteiger partial charge on any atom is 0.443 e. The third kappa shape index (κ3) is 4.99. The van der Waals surface area contributed by atoms with Gasteiger partial charge in [0.1, 0.15) is 24.0 Å². The summed E-state index contributed by atoms with van der Waals surface area (Å²) in [6.45, 7) is 3.49. The molecule has 0 radical (unpaired) electrons. The molecule has 36 heavy (non-hydrogen) atoms. The average Bonchev–Trinajstić information content (AvgIpc) is 3.51. The molecule has 3 aromatic heterocycles. The van der Waals surface area contributed by atoms with Gasteiger partial charge in [0.2, 0.25) is 5.91 Å². The SMILES string of the molecule is Cc1nc(C)n(CC(=O)N2CCC(c3sc(C(F)(F)F)nc3-c3cnc(C4CC4)nc3)C[C@H]2CO)n1. The Kier molecular flexibility index (Phi) is 6.54. The van der Waals surface area contributed by atoms with Gasteiger partial charge in [0, 0.05) is 35.3 Å². The molecule has 2 fully saturated rings. The van der Waals surface area contributed by atoms with Crippen LogP contribution in [0.3, 0.4) is 0 Å². The van der Waals surface area contributed by atoms with Crippen LogP contribution in [-0.2, 0) is 17.5 Å². The lowest BCUT2D eigenvalue weighted by Crippen LogP contribution is -2.48. The topological polar surface area (TPSA) is 110 Å². The van der Waals surface area contributed by atoms with Crippen LogP contribution in [0.5, 0.6) is 0 Å². The van der Waals surface area contributed by atoms with Crippen LogP contribution in [-0.4, -0.2) is 64.8 Å². The molecule has 0 bridgehead atoms. The molecule has 4 heterocycles. The van der Waals surface area contributed by atoms with E-state index in [0.717, 1.165) is 12.8 Å². The van der Waals surface area contributed by atoms with Gasteiger partial charge in [-0.3, -0.25) is 4.79 Å². The Labute approximate surface area is 209 Å². The molecule has 2 atom stereocenters. The van der Waals surface area contributed by atoms with E-state index in [4.69, 9.17) is 0 Å².